The maximum atomic E-state index is 10.1. The van der Waals surface area contributed by atoms with Gasteiger partial charge in [-0.1, -0.05) is 33.3 Å². The van der Waals surface area contributed by atoms with Gasteiger partial charge in [-0.25, -0.2) is 0 Å². The summed E-state index contributed by atoms with van der Waals surface area (Å²) in [7, 11) is 0. The monoisotopic (exact) mass is 196 g/mol. The van der Waals surface area contributed by atoms with Crippen LogP contribution in [0.4, 0.5) is 0 Å². The lowest BCUT2D eigenvalue weighted by Crippen LogP contribution is -2.38. The molecule has 0 aliphatic heterocycles. The molecule has 1 fully saturated rings. The van der Waals surface area contributed by atoms with Crippen molar-refractivity contribution in [2.75, 3.05) is 0 Å². The first-order valence-corrected chi connectivity index (χ1v) is 5.76. The standard InChI is InChI=1S/C13H24O/c1-5-8-13(3,4)11-7-6-10(2)9-12(11)14/h5,10-12,14H,1,6-9H2,2-4H3/t10-,11+,12-/m1/s1. The zero-order valence-electron chi connectivity index (χ0n) is 9.79. The van der Waals surface area contributed by atoms with Crippen LogP contribution in [0.1, 0.15) is 46.5 Å². The Morgan fingerprint density at radius 2 is 2.07 bits per heavy atom. The fraction of sp³-hybridized carbons (Fsp3) is 0.846. The molecule has 0 aromatic carbocycles. The number of hydrogen-bond acceptors (Lipinski definition) is 1. The average Bonchev–Trinajstić information content (AvgIpc) is 2.02. The highest BCUT2D eigenvalue weighted by Crippen LogP contribution is 2.42. The molecule has 0 aromatic heterocycles. The normalized spacial score (nSPS) is 34.1. The van der Waals surface area contributed by atoms with Crippen LogP contribution in [-0.2, 0) is 0 Å². The van der Waals surface area contributed by atoms with Gasteiger partial charge in [0.2, 0.25) is 0 Å². The number of rotatable bonds is 3. The van der Waals surface area contributed by atoms with E-state index in [1.807, 2.05) is 6.08 Å². The van der Waals surface area contributed by atoms with Crippen molar-refractivity contribution >= 4 is 0 Å². The van der Waals surface area contributed by atoms with Gasteiger partial charge in [-0.3, -0.25) is 0 Å². The SMILES string of the molecule is C=CCC(C)(C)[C@H]1CC[C@@H](C)C[C@H]1O. The van der Waals surface area contributed by atoms with Crippen LogP contribution in [0, 0.1) is 17.3 Å². The molecule has 0 amide bonds. The van der Waals surface area contributed by atoms with E-state index >= 15 is 0 Å². The van der Waals surface area contributed by atoms with Crippen molar-refractivity contribution in [3.63, 3.8) is 0 Å². The average molecular weight is 196 g/mol. The van der Waals surface area contributed by atoms with Crippen LogP contribution >= 0.6 is 0 Å². The molecule has 0 saturated heterocycles. The zero-order valence-corrected chi connectivity index (χ0v) is 9.79. The summed E-state index contributed by atoms with van der Waals surface area (Å²) in [6, 6.07) is 0. The van der Waals surface area contributed by atoms with E-state index in [9.17, 15) is 5.11 Å². The van der Waals surface area contributed by atoms with Crippen LogP contribution in [0.25, 0.3) is 0 Å². The summed E-state index contributed by atoms with van der Waals surface area (Å²) in [6.07, 6.45) is 6.29. The maximum Gasteiger partial charge on any atom is 0.0576 e. The Morgan fingerprint density at radius 1 is 1.43 bits per heavy atom. The van der Waals surface area contributed by atoms with Gasteiger partial charge in [0.05, 0.1) is 6.10 Å². The molecular formula is C13H24O. The fourth-order valence-corrected chi connectivity index (χ4v) is 2.79. The smallest absolute Gasteiger partial charge is 0.0576 e. The summed E-state index contributed by atoms with van der Waals surface area (Å²) in [5.41, 5.74) is 0.210. The predicted octanol–water partition coefficient (Wildman–Crippen LogP) is 3.39. The fourth-order valence-electron chi connectivity index (χ4n) is 2.79. The van der Waals surface area contributed by atoms with Gasteiger partial charge in [0.15, 0.2) is 0 Å². The van der Waals surface area contributed by atoms with Gasteiger partial charge in [0.25, 0.3) is 0 Å². The largest absolute Gasteiger partial charge is 0.393 e. The quantitative estimate of drug-likeness (QED) is 0.686. The minimum Gasteiger partial charge on any atom is -0.393 e. The van der Waals surface area contributed by atoms with Crippen molar-refractivity contribution in [1.29, 1.82) is 0 Å². The maximum absolute atomic E-state index is 10.1. The highest BCUT2D eigenvalue weighted by molar-refractivity contribution is 4.91. The lowest BCUT2D eigenvalue weighted by molar-refractivity contribution is -0.0115. The van der Waals surface area contributed by atoms with Crippen LogP contribution < -0.4 is 0 Å². The Bertz CT molecular complexity index is 195. The zero-order chi connectivity index (χ0) is 10.8. The molecule has 1 heteroatoms. The van der Waals surface area contributed by atoms with Gasteiger partial charge in [-0.2, -0.15) is 0 Å². The minimum atomic E-state index is -0.103. The van der Waals surface area contributed by atoms with Crippen molar-refractivity contribution in [1.82, 2.24) is 0 Å². The second-order valence-corrected chi connectivity index (χ2v) is 5.57. The van der Waals surface area contributed by atoms with Gasteiger partial charge in [-0.15, -0.1) is 6.58 Å². The van der Waals surface area contributed by atoms with Crippen LogP contribution in [0.15, 0.2) is 12.7 Å². The molecule has 14 heavy (non-hydrogen) atoms. The first-order chi connectivity index (χ1) is 6.47. The number of allylic oxidation sites excluding steroid dienone is 1. The Morgan fingerprint density at radius 3 is 2.57 bits per heavy atom. The highest BCUT2D eigenvalue weighted by Gasteiger charge is 2.37. The molecule has 0 bridgehead atoms. The molecule has 1 N–H and O–H groups in total. The van der Waals surface area contributed by atoms with Crippen molar-refractivity contribution < 1.29 is 5.11 Å². The van der Waals surface area contributed by atoms with Gasteiger partial charge in [0, 0.05) is 0 Å². The molecule has 1 nitrogen and oxygen atoms in total. The molecule has 1 aliphatic rings. The lowest BCUT2D eigenvalue weighted by atomic mass is 9.66. The third kappa shape index (κ3) is 2.60. The third-order valence-corrected chi connectivity index (χ3v) is 3.75. The van der Waals surface area contributed by atoms with E-state index < -0.39 is 0 Å². The minimum absolute atomic E-state index is 0.103. The molecule has 0 spiro atoms. The van der Waals surface area contributed by atoms with Gasteiger partial charge in [-0.05, 0) is 36.5 Å². The van der Waals surface area contributed by atoms with Gasteiger partial charge >= 0.3 is 0 Å². The molecule has 0 aromatic rings. The van der Waals surface area contributed by atoms with Gasteiger partial charge < -0.3 is 5.11 Å². The number of aliphatic hydroxyl groups excluding tert-OH is 1. The van der Waals surface area contributed by atoms with Crippen LogP contribution in [-0.4, -0.2) is 11.2 Å². The van der Waals surface area contributed by atoms with E-state index in [1.54, 1.807) is 0 Å². The molecular weight excluding hydrogens is 172 g/mol. The summed E-state index contributed by atoms with van der Waals surface area (Å²) in [5, 5.41) is 10.1. The Labute approximate surface area is 88.2 Å². The van der Waals surface area contributed by atoms with E-state index in [0.29, 0.717) is 11.8 Å². The van der Waals surface area contributed by atoms with Crippen molar-refractivity contribution in [3.05, 3.63) is 12.7 Å². The van der Waals surface area contributed by atoms with E-state index in [1.165, 1.54) is 12.8 Å². The summed E-state index contributed by atoms with van der Waals surface area (Å²) in [6.45, 7) is 10.5. The molecule has 3 atom stereocenters. The Kier molecular flexibility index (Phi) is 3.77. The van der Waals surface area contributed by atoms with E-state index in [4.69, 9.17) is 0 Å². The Balaban J connectivity index is 2.62. The first-order valence-electron chi connectivity index (χ1n) is 5.76. The molecule has 1 saturated carbocycles. The number of aliphatic hydroxyl groups is 1. The van der Waals surface area contributed by atoms with Crippen molar-refractivity contribution in [2.45, 2.75) is 52.6 Å². The molecule has 1 aliphatic carbocycles. The number of hydrogen-bond donors (Lipinski definition) is 1. The predicted molar refractivity (Wildman–Crippen MR) is 61.1 cm³/mol. The van der Waals surface area contributed by atoms with Gasteiger partial charge in [0.1, 0.15) is 0 Å². The molecule has 0 heterocycles. The summed E-state index contributed by atoms with van der Waals surface area (Å²) in [4.78, 5) is 0. The van der Waals surface area contributed by atoms with Crippen LogP contribution in [0.3, 0.4) is 0 Å². The second kappa shape index (κ2) is 4.48. The van der Waals surface area contributed by atoms with Crippen molar-refractivity contribution in [2.24, 2.45) is 17.3 Å². The topological polar surface area (TPSA) is 20.2 Å². The van der Waals surface area contributed by atoms with Crippen molar-refractivity contribution in [3.8, 4) is 0 Å². The summed E-state index contributed by atoms with van der Waals surface area (Å²) >= 11 is 0. The van der Waals surface area contributed by atoms with E-state index in [0.717, 1.165) is 12.8 Å². The van der Waals surface area contributed by atoms with Crippen LogP contribution in [0.5, 0.6) is 0 Å². The third-order valence-electron chi connectivity index (χ3n) is 3.75. The molecule has 0 unspecified atom stereocenters. The lowest BCUT2D eigenvalue weighted by Gasteiger charge is -2.41. The highest BCUT2D eigenvalue weighted by atomic mass is 16.3. The summed E-state index contributed by atoms with van der Waals surface area (Å²) in [5.74, 6) is 1.15. The first kappa shape index (κ1) is 11.8. The molecule has 0 radical (unpaired) electrons. The molecule has 82 valence electrons. The van der Waals surface area contributed by atoms with E-state index in [2.05, 4.69) is 27.4 Å². The Hall–Kier alpha value is -0.300. The van der Waals surface area contributed by atoms with Crippen LogP contribution in [0.2, 0.25) is 0 Å². The second-order valence-electron chi connectivity index (χ2n) is 5.57. The molecule has 1 rings (SSSR count). The van der Waals surface area contributed by atoms with E-state index in [-0.39, 0.29) is 11.5 Å². The summed E-state index contributed by atoms with van der Waals surface area (Å²) < 4.78 is 0.